The van der Waals surface area contributed by atoms with Gasteiger partial charge in [0.15, 0.2) is 0 Å². The Kier molecular flexibility index (Phi) is 4.75. The number of benzene rings is 2. The van der Waals surface area contributed by atoms with Gasteiger partial charge in [-0.1, -0.05) is 13.8 Å². The van der Waals surface area contributed by atoms with Crippen molar-refractivity contribution in [2.45, 2.75) is 19.8 Å². The van der Waals surface area contributed by atoms with E-state index in [1.54, 1.807) is 19.9 Å². The summed E-state index contributed by atoms with van der Waals surface area (Å²) in [5, 5.41) is 10.6. The number of phenols is 1. The number of hydrogen-bond acceptors (Lipinski definition) is 6. The van der Waals surface area contributed by atoms with Crippen LogP contribution < -0.4 is 9.92 Å². The van der Waals surface area contributed by atoms with Gasteiger partial charge in [-0.15, -0.1) is 0 Å². The summed E-state index contributed by atoms with van der Waals surface area (Å²) in [4.78, 5) is 7.77. The van der Waals surface area contributed by atoms with Crippen molar-refractivity contribution in [1.82, 2.24) is 9.97 Å². The van der Waals surface area contributed by atoms with Crippen LogP contribution in [0.25, 0.3) is 22.0 Å². The molecule has 3 rings (SSSR count). The maximum atomic E-state index is 14.4. The molecule has 0 saturated carbocycles. The summed E-state index contributed by atoms with van der Waals surface area (Å²) in [6.07, 6.45) is 1.29. The quantitative estimate of drug-likeness (QED) is 0.597. The molecule has 0 aliphatic rings. The van der Waals surface area contributed by atoms with Crippen LogP contribution in [0.5, 0.6) is 11.5 Å². The Morgan fingerprint density at radius 3 is 2.58 bits per heavy atom. The highest BCUT2D eigenvalue weighted by Crippen LogP contribution is 2.40. The summed E-state index contributed by atoms with van der Waals surface area (Å²) in [7, 11) is 0. The lowest BCUT2D eigenvalue weighted by Crippen LogP contribution is -2.03. The van der Waals surface area contributed by atoms with Gasteiger partial charge in [0.25, 0.3) is 0 Å². The molecule has 1 unspecified atom stereocenters. The lowest BCUT2D eigenvalue weighted by Gasteiger charge is -2.15. The van der Waals surface area contributed by atoms with Crippen LogP contribution >= 0.6 is 0 Å². The van der Waals surface area contributed by atoms with Crippen molar-refractivity contribution in [3.05, 3.63) is 41.8 Å². The number of phenolic OH excluding ortho intramolecular Hbond substituents is 1. The normalized spacial score (nSPS) is 12.5. The summed E-state index contributed by atoms with van der Waals surface area (Å²) in [5.41, 5.74) is 7.02. The average molecular weight is 377 g/mol. The molecule has 0 spiro atoms. The molecule has 7 nitrogen and oxygen atoms in total. The molecule has 0 fully saturated rings. The molecular weight excluding hydrogens is 361 g/mol. The third-order valence-electron chi connectivity index (χ3n) is 3.86. The van der Waals surface area contributed by atoms with Crippen molar-refractivity contribution in [3.63, 3.8) is 0 Å². The zero-order valence-corrected chi connectivity index (χ0v) is 14.7. The molecule has 3 aromatic rings. The molecule has 0 radical (unpaired) electrons. The third kappa shape index (κ3) is 3.44. The van der Waals surface area contributed by atoms with Crippen LogP contribution in [0.4, 0.5) is 10.3 Å². The fourth-order valence-electron chi connectivity index (χ4n) is 2.78. The van der Waals surface area contributed by atoms with E-state index in [1.165, 1.54) is 24.4 Å². The van der Waals surface area contributed by atoms with Gasteiger partial charge in [0.2, 0.25) is 5.95 Å². The van der Waals surface area contributed by atoms with Crippen molar-refractivity contribution in [2.75, 3.05) is 5.73 Å². The van der Waals surface area contributed by atoms with E-state index in [9.17, 15) is 13.7 Å². The Morgan fingerprint density at radius 1 is 1.23 bits per heavy atom. The number of rotatable bonds is 4. The SMILES string of the molecule is CC(C)c1c(O)cc(-c2cc(F)c3cnc(N)nc3c2)cc1OS(=O)O. The van der Waals surface area contributed by atoms with Crippen LogP contribution in [-0.2, 0) is 11.4 Å². The molecule has 1 heterocycles. The summed E-state index contributed by atoms with van der Waals surface area (Å²) in [6, 6.07) is 5.74. The molecule has 0 saturated heterocycles. The molecule has 1 atom stereocenters. The van der Waals surface area contributed by atoms with E-state index >= 15 is 0 Å². The van der Waals surface area contributed by atoms with E-state index in [0.29, 0.717) is 22.2 Å². The van der Waals surface area contributed by atoms with E-state index in [-0.39, 0.29) is 28.8 Å². The lowest BCUT2D eigenvalue weighted by molar-refractivity contribution is 0.439. The van der Waals surface area contributed by atoms with E-state index < -0.39 is 17.2 Å². The van der Waals surface area contributed by atoms with Gasteiger partial charge < -0.3 is 15.0 Å². The first kappa shape index (κ1) is 18.0. The molecule has 136 valence electrons. The van der Waals surface area contributed by atoms with Crippen molar-refractivity contribution in [1.29, 1.82) is 0 Å². The first-order chi connectivity index (χ1) is 12.3. The van der Waals surface area contributed by atoms with Crippen LogP contribution in [0.1, 0.15) is 25.3 Å². The highest BCUT2D eigenvalue weighted by Gasteiger charge is 2.18. The number of aromatic nitrogens is 2. The Balaban J connectivity index is 2.22. The molecule has 9 heteroatoms. The summed E-state index contributed by atoms with van der Waals surface area (Å²) in [5.74, 6) is -0.799. The topological polar surface area (TPSA) is 119 Å². The zero-order chi connectivity index (χ0) is 19.0. The van der Waals surface area contributed by atoms with Crippen LogP contribution in [0.15, 0.2) is 30.5 Å². The first-order valence-electron chi connectivity index (χ1n) is 7.64. The Bertz CT molecular complexity index is 1030. The monoisotopic (exact) mass is 377 g/mol. The van der Waals surface area contributed by atoms with Crippen molar-refractivity contribution in [2.24, 2.45) is 0 Å². The average Bonchev–Trinajstić information content (AvgIpc) is 2.52. The molecule has 0 aliphatic heterocycles. The lowest BCUT2D eigenvalue weighted by atomic mass is 9.96. The largest absolute Gasteiger partial charge is 0.507 e. The van der Waals surface area contributed by atoms with E-state index in [1.807, 2.05) is 0 Å². The van der Waals surface area contributed by atoms with Gasteiger partial charge in [0.05, 0.1) is 10.9 Å². The number of nitrogens with two attached hydrogens (primary N) is 1. The second kappa shape index (κ2) is 6.85. The summed E-state index contributed by atoms with van der Waals surface area (Å²) >= 11 is -2.57. The van der Waals surface area contributed by atoms with Gasteiger partial charge >= 0.3 is 11.4 Å². The fourth-order valence-corrected chi connectivity index (χ4v) is 3.07. The number of nitrogens with zero attached hydrogens (tertiary/aromatic N) is 2. The Hall–Kier alpha value is -2.78. The van der Waals surface area contributed by atoms with E-state index in [4.69, 9.17) is 14.5 Å². The first-order valence-corrected chi connectivity index (χ1v) is 8.67. The molecule has 26 heavy (non-hydrogen) atoms. The van der Waals surface area contributed by atoms with Gasteiger partial charge in [0.1, 0.15) is 17.3 Å². The summed E-state index contributed by atoms with van der Waals surface area (Å²) in [6.45, 7) is 3.61. The minimum absolute atomic E-state index is 0.00625. The van der Waals surface area contributed by atoms with Crippen LogP contribution in [0.3, 0.4) is 0 Å². The molecule has 1 aromatic heterocycles. The van der Waals surface area contributed by atoms with E-state index in [0.717, 1.165) is 0 Å². The van der Waals surface area contributed by atoms with Crippen LogP contribution in [-0.4, -0.2) is 23.8 Å². The number of nitrogen functional groups attached to an aromatic ring is 1. The Morgan fingerprint density at radius 2 is 1.92 bits per heavy atom. The minimum atomic E-state index is -2.57. The highest BCUT2D eigenvalue weighted by atomic mass is 32.2. The van der Waals surface area contributed by atoms with Crippen LogP contribution in [0, 0.1) is 5.82 Å². The molecule has 0 amide bonds. The molecule has 0 bridgehead atoms. The smallest absolute Gasteiger partial charge is 0.357 e. The van der Waals surface area contributed by atoms with Gasteiger partial charge in [-0.25, -0.2) is 14.4 Å². The Labute approximate surface area is 151 Å². The fraction of sp³-hybridized carbons (Fsp3) is 0.176. The standard InChI is InChI=1S/C17H16FN3O4S/c1-8(2)16-14(22)5-10(6-15(16)25-26(23)24)9-3-12(18)11-7-20-17(19)21-13(11)4-9/h3-8,22H,1-2H3,(H,23,24)(H2,19,20,21). The number of hydrogen-bond donors (Lipinski definition) is 3. The van der Waals surface area contributed by atoms with Crippen molar-refractivity contribution in [3.8, 4) is 22.6 Å². The maximum Gasteiger partial charge on any atom is 0.357 e. The number of fused-ring (bicyclic) bond motifs is 1. The van der Waals surface area contributed by atoms with Gasteiger partial charge in [-0.3, -0.25) is 4.55 Å². The van der Waals surface area contributed by atoms with Gasteiger partial charge in [0, 0.05) is 11.8 Å². The summed E-state index contributed by atoms with van der Waals surface area (Å²) < 4.78 is 39.4. The van der Waals surface area contributed by atoms with Crippen molar-refractivity contribution >= 4 is 28.2 Å². The molecule has 0 aliphatic carbocycles. The molecule has 2 aromatic carbocycles. The number of anilines is 1. The highest BCUT2D eigenvalue weighted by molar-refractivity contribution is 7.74. The minimum Gasteiger partial charge on any atom is -0.507 e. The van der Waals surface area contributed by atoms with Gasteiger partial charge in [-0.05, 0) is 41.3 Å². The van der Waals surface area contributed by atoms with Crippen LogP contribution in [0.2, 0.25) is 0 Å². The predicted octanol–water partition coefficient (Wildman–Crippen LogP) is 3.36. The second-order valence-corrected chi connectivity index (χ2v) is 6.58. The second-order valence-electron chi connectivity index (χ2n) is 5.98. The number of halogens is 1. The predicted molar refractivity (Wildman–Crippen MR) is 96.5 cm³/mol. The third-order valence-corrected chi connectivity index (χ3v) is 4.18. The van der Waals surface area contributed by atoms with E-state index in [2.05, 4.69) is 9.97 Å². The number of aromatic hydroxyl groups is 1. The molecular formula is C17H16FN3O4S. The maximum absolute atomic E-state index is 14.4. The zero-order valence-electron chi connectivity index (χ0n) is 13.9. The van der Waals surface area contributed by atoms with Crippen molar-refractivity contribution < 1.29 is 22.4 Å². The molecule has 4 N–H and O–H groups in total. The van der Waals surface area contributed by atoms with Gasteiger partial charge in [-0.2, -0.15) is 4.21 Å².